The Bertz CT molecular complexity index is 507. The van der Waals surface area contributed by atoms with E-state index in [1.165, 1.54) is 0 Å². The Morgan fingerprint density at radius 1 is 1.23 bits per heavy atom. The summed E-state index contributed by atoms with van der Waals surface area (Å²) in [6.45, 7) is 0.732. The Hall–Kier alpha value is -1.79. The number of nitrogens with one attached hydrogen (secondary N) is 1. The van der Waals surface area contributed by atoms with Crippen LogP contribution in [-0.2, 0) is 14.3 Å². The van der Waals surface area contributed by atoms with E-state index in [2.05, 4.69) is 5.32 Å². The number of carboxylic acids is 1. The Balaban J connectivity index is 2.54. The van der Waals surface area contributed by atoms with Crippen LogP contribution in [0.3, 0.4) is 0 Å². The van der Waals surface area contributed by atoms with E-state index in [1.807, 2.05) is 0 Å². The average Bonchev–Trinajstić information content (AvgIpc) is 2.46. The molecule has 0 radical (unpaired) electrons. The number of carbonyl (C=O) groups excluding carboxylic acids is 1. The van der Waals surface area contributed by atoms with Crippen molar-refractivity contribution in [2.45, 2.75) is 25.7 Å². The molecule has 0 atom stereocenters. The van der Waals surface area contributed by atoms with Gasteiger partial charge >= 0.3 is 5.97 Å². The number of carboxylic acid groups (broad SMARTS) is 1. The number of amides is 1. The molecular formula is C15H20ClNO5. The minimum Gasteiger partial charge on any atom is -0.487 e. The Kier molecular flexibility index (Phi) is 8.32. The van der Waals surface area contributed by atoms with Crippen LogP contribution in [0, 0.1) is 0 Å². The molecule has 1 aromatic rings. The fourth-order valence-electron chi connectivity index (χ4n) is 1.76. The summed E-state index contributed by atoms with van der Waals surface area (Å²) in [5, 5.41) is 11.7. The molecule has 1 aromatic carbocycles. The van der Waals surface area contributed by atoms with Crippen LogP contribution in [0.15, 0.2) is 18.2 Å². The first kappa shape index (κ1) is 18.3. The second-order valence-electron chi connectivity index (χ2n) is 4.61. The van der Waals surface area contributed by atoms with Gasteiger partial charge in [-0.25, -0.2) is 0 Å². The largest absolute Gasteiger partial charge is 0.487 e. The lowest BCUT2D eigenvalue weighted by Crippen LogP contribution is -2.13. The van der Waals surface area contributed by atoms with Gasteiger partial charge in [-0.1, -0.05) is 17.7 Å². The molecule has 0 heterocycles. The highest BCUT2D eigenvalue weighted by Gasteiger charge is 2.11. The molecule has 0 saturated heterocycles. The predicted molar refractivity (Wildman–Crippen MR) is 83.6 cm³/mol. The van der Waals surface area contributed by atoms with Crippen LogP contribution in [0.25, 0.3) is 0 Å². The summed E-state index contributed by atoms with van der Waals surface area (Å²) >= 11 is 6.07. The minimum absolute atomic E-state index is 0.0653. The lowest BCUT2D eigenvalue weighted by molar-refractivity contribution is -0.137. The summed E-state index contributed by atoms with van der Waals surface area (Å²) in [7, 11) is 1.57. The molecule has 0 aliphatic carbocycles. The molecule has 7 heteroatoms. The minimum atomic E-state index is -0.857. The normalized spacial score (nSPS) is 10.3. The van der Waals surface area contributed by atoms with Gasteiger partial charge in [0.2, 0.25) is 5.91 Å². The monoisotopic (exact) mass is 329 g/mol. The van der Waals surface area contributed by atoms with Crippen molar-refractivity contribution < 1.29 is 24.2 Å². The first-order chi connectivity index (χ1) is 10.5. The Labute approximate surface area is 134 Å². The summed E-state index contributed by atoms with van der Waals surface area (Å²) in [6.07, 6.45) is 1.29. The number of hydrogen-bond donors (Lipinski definition) is 2. The summed E-state index contributed by atoms with van der Waals surface area (Å²) in [6, 6.07) is 5.08. The molecule has 0 aliphatic heterocycles. The number of benzene rings is 1. The number of anilines is 1. The van der Waals surface area contributed by atoms with Crippen molar-refractivity contribution in [3.63, 3.8) is 0 Å². The Morgan fingerprint density at radius 2 is 1.95 bits per heavy atom. The van der Waals surface area contributed by atoms with Crippen molar-refractivity contribution in [3.05, 3.63) is 23.2 Å². The van der Waals surface area contributed by atoms with E-state index in [-0.39, 0.29) is 18.7 Å². The maximum Gasteiger partial charge on any atom is 0.303 e. The fraction of sp³-hybridized carbons (Fsp3) is 0.467. The molecule has 0 spiro atoms. The molecule has 0 fully saturated rings. The standard InChI is InChI=1S/C15H20ClNO5/c1-21-9-10-22-15-11(16)5-4-6-12(15)17-13(18)7-2-3-8-14(19)20/h4-6H,2-3,7-10H2,1H3,(H,17,18)(H,19,20). The number of methoxy groups -OCH3 is 1. The van der Waals surface area contributed by atoms with E-state index in [0.717, 1.165) is 0 Å². The van der Waals surface area contributed by atoms with E-state index < -0.39 is 5.97 Å². The maximum absolute atomic E-state index is 11.9. The smallest absolute Gasteiger partial charge is 0.303 e. The molecule has 0 aromatic heterocycles. The molecule has 0 bridgehead atoms. The molecule has 6 nitrogen and oxygen atoms in total. The molecule has 0 aliphatic rings. The molecule has 0 unspecified atom stereocenters. The first-order valence-electron chi connectivity index (χ1n) is 6.96. The van der Waals surface area contributed by atoms with Crippen LogP contribution in [0.2, 0.25) is 5.02 Å². The number of para-hydroxylation sites is 1. The topological polar surface area (TPSA) is 84.9 Å². The summed E-state index contributed by atoms with van der Waals surface area (Å²) in [4.78, 5) is 22.3. The van der Waals surface area contributed by atoms with Crippen LogP contribution in [0.4, 0.5) is 5.69 Å². The zero-order chi connectivity index (χ0) is 16.4. The van der Waals surface area contributed by atoms with Gasteiger partial charge in [-0.05, 0) is 25.0 Å². The van der Waals surface area contributed by atoms with Gasteiger partial charge in [0, 0.05) is 20.0 Å². The van der Waals surface area contributed by atoms with E-state index in [0.29, 0.717) is 42.5 Å². The number of carbonyl (C=O) groups is 2. The van der Waals surface area contributed by atoms with Crippen molar-refractivity contribution >= 4 is 29.2 Å². The zero-order valence-corrected chi connectivity index (χ0v) is 13.2. The van der Waals surface area contributed by atoms with Gasteiger partial charge < -0.3 is 19.9 Å². The maximum atomic E-state index is 11.9. The second-order valence-corrected chi connectivity index (χ2v) is 5.01. The van der Waals surface area contributed by atoms with Gasteiger partial charge in [-0.3, -0.25) is 9.59 Å². The zero-order valence-electron chi connectivity index (χ0n) is 12.4. The highest BCUT2D eigenvalue weighted by Crippen LogP contribution is 2.33. The van der Waals surface area contributed by atoms with Crippen molar-refractivity contribution in [1.29, 1.82) is 0 Å². The molecule has 2 N–H and O–H groups in total. The number of rotatable bonds is 10. The average molecular weight is 330 g/mol. The third-order valence-electron chi connectivity index (χ3n) is 2.82. The lowest BCUT2D eigenvalue weighted by Gasteiger charge is -2.13. The summed E-state index contributed by atoms with van der Waals surface area (Å²) < 4.78 is 10.4. The van der Waals surface area contributed by atoms with E-state index in [9.17, 15) is 9.59 Å². The molecule has 1 rings (SSSR count). The van der Waals surface area contributed by atoms with Gasteiger partial charge in [-0.2, -0.15) is 0 Å². The number of ether oxygens (including phenoxy) is 2. The summed E-state index contributed by atoms with van der Waals surface area (Å²) in [5.41, 5.74) is 0.492. The lowest BCUT2D eigenvalue weighted by atomic mass is 10.2. The van der Waals surface area contributed by atoms with Crippen molar-refractivity contribution in [2.75, 3.05) is 25.6 Å². The van der Waals surface area contributed by atoms with Gasteiger partial charge in [-0.15, -0.1) is 0 Å². The second kappa shape index (κ2) is 10.0. The highest BCUT2D eigenvalue weighted by molar-refractivity contribution is 6.32. The van der Waals surface area contributed by atoms with Gasteiger partial charge in [0.15, 0.2) is 5.75 Å². The van der Waals surface area contributed by atoms with Gasteiger partial charge in [0.05, 0.1) is 17.3 Å². The van der Waals surface area contributed by atoms with Crippen LogP contribution < -0.4 is 10.1 Å². The van der Waals surface area contributed by atoms with E-state index in [4.69, 9.17) is 26.2 Å². The van der Waals surface area contributed by atoms with Crippen LogP contribution >= 0.6 is 11.6 Å². The number of hydrogen-bond acceptors (Lipinski definition) is 4. The van der Waals surface area contributed by atoms with Crippen LogP contribution in [0.1, 0.15) is 25.7 Å². The number of unbranched alkanes of at least 4 members (excludes halogenated alkanes) is 1. The molecule has 0 saturated carbocycles. The first-order valence-corrected chi connectivity index (χ1v) is 7.34. The molecule has 22 heavy (non-hydrogen) atoms. The van der Waals surface area contributed by atoms with Crippen molar-refractivity contribution in [2.24, 2.45) is 0 Å². The molecule has 122 valence electrons. The van der Waals surface area contributed by atoms with Crippen molar-refractivity contribution in [3.8, 4) is 5.75 Å². The SMILES string of the molecule is COCCOc1c(Cl)cccc1NC(=O)CCCCC(=O)O. The van der Waals surface area contributed by atoms with Crippen LogP contribution in [0.5, 0.6) is 5.75 Å². The van der Waals surface area contributed by atoms with E-state index in [1.54, 1.807) is 25.3 Å². The molecular weight excluding hydrogens is 310 g/mol. The Morgan fingerprint density at radius 3 is 2.64 bits per heavy atom. The predicted octanol–water partition coefficient (Wildman–Crippen LogP) is 2.95. The number of aliphatic carboxylic acids is 1. The van der Waals surface area contributed by atoms with Gasteiger partial charge in [0.1, 0.15) is 6.61 Å². The third-order valence-corrected chi connectivity index (χ3v) is 3.12. The van der Waals surface area contributed by atoms with Crippen LogP contribution in [-0.4, -0.2) is 37.3 Å². The molecule has 1 amide bonds. The fourth-order valence-corrected chi connectivity index (χ4v) is 1.98. The summed E-state index contributed by atoms with van der Waals surface area (Å²) in [5.74, 6) is -0.659. The van der Waals surface area contributed by atoms with Crippen molar-refractivity contribution in [1.82, 2.24) is 0 Å². The highest BCUT2D eigenvalue weighted by atomic mass is 35.5. The quantitative estimate of drug-likeness (QED) is 0.645. The third kappa shape index (κ3) is 6.78. The number of halogens is 1. The van der Waals surface area contributed by atoms with Gasteiger partial charge in [0.25, 0.3) is 0 Å². The van der Waals surface area contributed by atoms with E-state index >= 15 is 0 Å².